The molecule has 154 valence electrons. The topological polar surface area (TPSA) is 43.7 Å². The van der Waals surface area contributed by atoms with E-state index < -0.39 is 0 Å². The molecule has 3 aromatic rings. The lowest BCUT2D eigenvalue weighted by Gasteiger charge is -2.19. The van der Waals surface area contributed by atoms with Crippen LogP contribution in [0.15, 0.2) is 42.5 Å². The number of nitrogens with zero attached hydrogens (tertiary/aromatic N) is 2. The van der Waals surface area contributed by atoms with Crippen molar-refractivity contribution >= 4 is 39.5 Å². The van der Waals surface area contributed by atoms with Crippen LogP contribution in [0.2, 0.25) is 0 Å². The minimum Gasteiger partial charge on any atom is -0.489 e. The lowest BCUT2D eigenvalue weighted by molar-refractivity contribution is 0.0527. The Hall–Kier alpha value is -2.06. The average Bonchev–Trinajstić information content (AvgIpc) is 2.93. The molecule has 0 bridgehead atoms. The zero-order chi connectivity index (χ0) is 21.1. The second-order valence-electron chi connectivity index (χ2n) is 7.36. The van der Waals surface area contributed by atoms with Crippen LogP contribution in [-0.2, 0) is 4.74 Å². The van der Waals surface area contributed by atoms with E-state index in [9.17, 15) is 4.79 Å². The van der Waals surface area contributed by atoms with Crippen LogP contribution in [-0.4, -0.2) is 48.8 Å². The average molecular weight is 506 g/mol. The second kappa shape index (κ2) is 9.17. The molecule has 6 heteroatoms. The summed E-state index contributed by atoms with van der Waals surface area (Å²) in [6.45, 7) is 6.97. The number of halogens is 1. The summed E-state index contributed by atoms with van der Waals surface area (Å²) in [6, 6.07) is 14.2. The SMILES string of the molecule is CCOC(=O)c1c(C)n(-c2ccc(I)cc2)c2ccc(OC(C)CN(C)C)cc12. The highest BCUT2D eigenvalue weighted by Gasteiger charge is 2.22. The molecule has 2 aromatic carbocycles. The van der Waals surface area contributed by atoms with Crippen molar-refractivity contribution in [2.45, 2.75) is 26.9 Å². The van der Waals surface area contributed by atoms with E-state index in [1.807, 2.05) is 53.1 Å². The number of carbonyl (C=O) groups is 1. The fraction of sp³-hybridized carbons (Fsp3) is 0.348. The second-order valence-corrected chi connectivity index (χ2v) is 8.61. The summed E-state index contributed by atoms with van der Waals surface area (Å²) >= 11 is 2.29. The third-order valence-corrected chi connectivity index (χ3v) is 5.42. The van der Waals surface area contributed by atoms with Gasteiger partial charge >= 0.3 is 5.97 Å². The predicted molar refractivity (Wildman–Crippen MR) is 125 cm³/mol. The minimum absolute atomic E-state index is 0.0351. The largest absolute Gasteiger partial charge is 0.489 e. The van der Waals surface area contributed by atoms with Crippen molar-refractivity contribution in [2.24, 2.45) is 0 Å². The maximum absolute atomic E-state index is 12.8. The van der Waals surface area contributed by atoms with Crippen molar-refractivity contribution in [3.05, 3.63) is 57.3 Å². The van der Waals surface area contributed by atoms with Crippen LogP contribution in [0.5, 0.6) is 5.75 Å². The van der Waals surface area contributed by atoms with Crippen molar-refractivity contribution < 1.29 is 14.3 Å². The molecule has 0 saturated heterocycles. The summed E-state index contributed by atoms with van der Waals surface area (Å²) in [4.78, 5) is 14.9. The molecule has 1 atom stereocenters. The molecule has 0 aliphatic carbocycles. The van der Waals surface area contributed by atoms with E-state index in [1.54, 1.807) is 0 Å². The third-order valence-electron chi connectivity index (χ3n) is 4.70. The highest BCUT2D eigenvalue weighted by Crippen LogP contribution is 2.33. The molecule has 1 aromatic heterocycles. The number of esters is 1. The summed E-state index contributed by atoms with van der Waals surface area (Å²) in [5, 5.41) is 0.842. The first-order valence-corrected chi connectivity index (χ1v) is 10.8. The fourth-order valence-corrected chi connectivity index (χ4v) is 4.00. The van der Waals surface area contributed by atoms with Crippen LogP contribution < -0.4 is 4.74 Å². The molecule has 29 heavy (non-hydrogen) atoms. The van der Waals surface area contributed by atoms with Gasteiger partial charge in [0, 0.05) is 26.9 Å². The van der Waals surface area contributed by atoms with E-state index in [2.05, 4.69) is 56.3 Å². The highest BCUT2D eigenvalue weighted by atomic mass is 127. The Kier molecular flexibility index (Phi) is 6.85. The Labute approximate surface area is 185 Å². The Balaban J connectivity index is 2.13. The number of aromatic nitrogens is 1. The van der Waals surface area contributed by atoms with E-state index in [0.29, 0.717) is 12.2 Å². The van der Waals surface area contributed by atoms with Gasteiger partial charge < -0.3 is 18.9 Å². The molecule has 0 aliphatic heterocycles. The van der Waals surface area contributed by atoms with Crippen molar-refractivity contribution in [2.75, 3.05) is 27.2 Å². The maximum atomic E-state index is 12.8. The summed E-state index contributed by atoms with van der Waals surface area (Å²) in [5.41, 5.74) is 3.42. The molecule has 0 N–H and O–H groups in total. The molecular weight excluding hydrogens is 479 g/mol. The van der Waals surface area contributed by atoms with Gasteiger partial charge in [-0.25, -0.2) is 4.79 Å². The lowest BCUT2D eigenvalue weighted by atomic mass is 10.1. The molecule has 1 unspecified atom stereocenters. The molecule has 0 aliphatic rings. The van der Waals surface area contributed by atoms with Crippen molar-refractivity contribution in [1.82, 2.24) is 9.47 Å². The smallest absolute Gasteiger partial charge is 0.340 e. The van der Waals surface area contributed by atoms with E-state index in [1.165, 1.54) is 0 Å². The van der Waals surface area contributed by atoms with Crippen LogP contribution in [0.3, 0.4) is 0 Å². The summed E-state index contributed by atoms with van der Waals surface area (Å²) in [5.74, 6) is 0.440. The first kappa shape index (κ1) is 21.6. The zero-order valence-corrected chi connectivity index (χ0v) is 19.7. The number of fused-ring (bicyclic) bond motifs is 1. The van der Waals surface area contributed by atoms with Gasteiger partial charge in [0.05, 0.1) is 17.7 Å². The minimum atomic E-state index is -0.308. The van der Waals surface area contributed by atoms with Crippen LogP contribution in [0.1, 0.15) is 29.9 Å². The number of carbonyl (C=O) groups excluding carboxylic acids is 1. The number of benzene rings is 2. The van der Waals surface area contributed by atoms with E-state index in [0.717, 1.165) is 38.1 Å². The summed E-state index contributed by atoms with van der Waals surface area (Å²) < 4.78 is 14.7. The first-order valence-electron chi connectivity index (χ1n) is 9.71. The van der Waals surface area contributed by atoms with Gasteiger partial charge in [-0.2, -0.15) is 0 Å². The molecule has 5 nitrogen and oxygen atoms in total. The number of hydrogen-bond acceptors (Lipinski definition) is 4. The van der Waals surface area contributed by atoms with Crippen molar-refractivity contribution in [1.29, 1.82) is 0 Å². The Bertz CT molecular complexity index is 1010. The Morgan fingerprint density at radius 2 is 1.86 bits per heavy atom. The maximum Gasteiger partial charge on any atom is 0.340 e. The normalized spacial score (nSPS) is 12.4. The van der Waals surface area contributed by atoms with Gasteiger partial charge in [-0.05, 0) is 99.9 Å². The molecular formula is C23H27IN2O3. The van der Waals surface area contributed by atoms with Crippen molar-refractivity contribution in [3.63, 3.8) is 0 Å². The zero-order valence-electron chi connectivity index (χ0n) is 17.5. The van der Waals surface area contributed by atoms with Gasteiger partial charge in [0.1, 0.15) is 11.9 Å². The third kappa shape index (κ3) is 4.75. The van der Waals surface area contributed by atoms with Gasteiger partial charge in [-0.3, -0.25) is 0 Å². The van der Waals surface area contributed by atoms with Gasteiger partial charge in [0.25, 0.3) is 0 Å². The summed E-state index contributed by atoms with van der Waals surface area (Å²) in [7, 11) is 4.04. The van der Waals surface area contributed by atoms with Gasteiger partial charge in [0.2, 0.25) is 0 Å². The highest BCUT2D eigenvalue weighted by molar-refractivity contribution is 14.1. The van der Waals surface area contributed by atoms with Gasteiger partial charge in [-0.1, -0.05) is 0 Å². The molecule has 0 saturated carbocycles. The van der Waals surface area contributed by atoms with Crippen LogP contribution >= 0.6 is 22.6 Å². The fourth-order valence-electron chi connectivity index (χ4n) is 3.64. The molecule has 0 amide bonds. The molecule has 1 heterocycles. The Morgan fingerprint density at radius 1 is 1.17 bits per heavy atom. The molecule has 0 radical (unpaired) electrons. The van der Waals surface area contributed by atoms with E-state index in [-0.39, 0.29) is 12.1 Å². The molecule has 0 fully saturated rings. The van der Waals surface area contributed by atoms with Crippen LogP contribution in [0.25, 0.3) is 16.6 Å². The molecule has 3 rings (SSSR count). The van der Waals surface area contributed by atoms with Crippen LogP contribution in [0, 0.1) is 10.5 Å². The van der Waals surface area contributed by atoms with E-state index in [4.69, 9.17) is 9.47 Å². The monoisotopic (exact) mass is 506 g/mol. The number of ether oxygens (including phenoxy) is 2. The number of hydrogen-bond donors (Lipinski definition) is 0. The van der Waals surface area contributed by atoms with E-state index >= 15 is 0 Å². The van der Waals surface area contributed by atoms with Crippen LogP contribution in [0.4, 0.5) is 0 Å². The Morgan fingerprint density at radius 3 is 2.48 bits per heavy atom. The van der Waals surface area contributed by atoms with Gasteiger partial charge in [-0.15, -0.1) is 0 Å². The molecule has 0 spiro atoms. The van der Waals surface area contributed by atoms with Gasteiger partial charge in [0.15, 0.2) is 0 Å². The number of rotatable bonds is 7. The predicted octanol–water partition coefficient (Wildman–Crippen LogP) is 5.05. The standard InChI is InChI=1S/C23H27IN2O3/c1-6-28-23(27)22-16(3)26(18-9-7-17(24)8-10-18)21-12-11-19(13-20(21)22)29-15(2)14-25(4)5/h7-13,15H,6,14H2,1-5H3. The summed E-state index contributed by atoms with van der Waals surface area (Å²) in [6.07, 6.45) is 0.0351. The quantitative estimate of drug-likeness (QED) is 0.333. The number of likely N-dealkylation sites (N-methyl/N-ethyl adjacent to an activating group) is 1. The first-order chi connectivity index (χ1) is 13.8. The lowest BCUT2D eigenvalue weighted by Crippen LogP contribution is -2.27. The van der Waals surface area contributed by atoms with Crippen molar-refractivity contribution in [3.8, 4) is 11.4 Å².